The number of phenolic OH excluding ortho intramolecular Hbond substituents is 2. The van der Waals surface area contributed by atoms with Crippen LogP contribution in [0.2, 0.25) is 0 Å². The molecule has 2 aliphatic rings. The van der Waals surface area contributed by atoms with Crippen molar-refractivity contribution in [3.05, 3.63) is 22.8 Å². The Morgan fingerprint density at radius 1 is 1.29 bits per heavy atom. The van der Waals surface area contributed by atoms with E-state index in [2.05, 4.69) is 0 Å². The van der Waals surface area contributed by atoms with E-state index in [0.29, 0.717) is 31.1 Å². The second kappa shape index (κ2) is 9.27. The Hall–Kier alpha value is -1.96. The average molecular weight is 435 g/mol. The van der Waals surface area contributed by atoms with Crippen LogP contribution in [0.1, 0.15) is 79.7 Å². The van der Waals surface area contributed by atoms with Crippen LogP contribution in [0.5, 0.6) is 11.5 Å². The number of ketones is 1. The maximum atomic E-state index is 13.5. The lowest BCUT2D eigenvalue weighted by atomic mass is 9.80. The molecule has 31 heavy (non-hydrogen) atoms. The number of phenols is 2. The lowest BCUT2D eigenvalue weighted by Gasteiger charge is -2.36. The molecule has 7 nitrogen and oxygen atoms in total. The summed E-state index contributed by atoms with van der Waals surface area (Å²) in [5.74, 6) is -1.53. The zero-order valence-electron chi connectivity index (χ0n) is 18.8. The van der Waals surface area contributed by atoms with Gasteiger partial charge in [0.2, 0.25) is 0 Å². The first kappa shape index (κ1) is 23.7. The van der Waals surface area contributed by atoms with Crippen molar-refractivity contribution in [3.63, 3.8) is 0 Å². The number of carbonyl (C=O) groups is 2. The molecule has 1 spiro atoms. The minimum atomic E-state index is -0.723. The van der Waals surface area contributed by atoms with Crippen LogP contribution in [-0.2, 0) is 15.9 Å². The van der Waals surface area contributed by atoms with E-state index in [1.54, 1.807) is 0 Å². The quantitative estimate of drug-likeness (QED) is 0.310. The molecule has 2 heterocycles. The van der Waals surface area contributed by atoms with E-state index in [-0.39, 0.29) is 47.7 Å². The van der Waals surface area contributed by atoms with E-state index >= 15 is 0 Å². The van der Waals surface area contributed by atoms with Crippen LogP contribution in [0.25, 0.3) is 0 Å². The third kappa shape index (κ3) is 4.36. The van der Waals surface area contributed by atoms with Crippen LogP contribution in [0.15, 0.2) is 6.07 Å². The SMILES string of the molecule is CCCC(C(=O)c1cc(CC(C)C)c(O)c(C=O)c1O)C1CC(O)C2(CO1)OC2CC. The number of ether oxygens (including phenoxy) is 2. The zero-order chi connectivity index (χ0) is 22.9. The maximum absolute atomic E-state index is 13.5. The molecule has 5 atom stereocenters. The van der Waals surface area contributed by atoms with Gasteiger partial charge in [-0.25, -0.2) is 0 Å². The second-order valence-electron chi connectivity index (χ2n) is 9.24. The van der Waals surface area contributed by atoms with Crippen LogP contribution in [-0.4, -0.2) is 57.9 Å². The summed E-state index contributed by atoms with van der Waals surface area (Å²) in [7, 11) is 0. The van der Waals surface area contributed by atoms with Gasteiger partial charge in [-0.3, -0.25) is 9.59 Å². The number of Topliss-reactive ketones (excluding diaryl/α,β-unsaturated/α-hetero) is 1. The molecule has 2 saturated heterocycles. The van der Waals surface area contributed by atoms with Crippen LogP contribution in [0.4, 0.5) is 0 Å². The van der Waals surface area contributed by atoms with Crippen LogP contribution < -0.4 is 0 Å². The Kier molecular flexibility index (Phi) is 7.08. The number of epoxide rings is 1. The molecule has 3 rings (SSSR count). The Morgan fingerprint density at radius 3 is 2.52 bits per heavy atom. The Bertz CT molecular complexity index is 834. The number of benzene rings is 1. The Morgan fingerprint density at radius 2 is 2.00 bits per heavy atom. The third-order valence-corrected chi connectivity index (χ3v) is 6.55. The van der Waals surface area contributed by atoms with Crippen molar-refractivity contribution < 1.29 is 34.4 Å². The van der Waals surface area contributed by atoms with Gasteiger partial charge in [-0.1, -0.05) is 34.1 Å². The van der Waals surface area contributed by atoms with Crippen molar-refractivity contribution in [1.29, 1.82) is 0 Å². The molecule has 0 bridgehead atoms. The van der Waals surface area contributed by atoms with Gasteiger partial charge in [-0.15, -0.1) is 0 Å². The van der Waals surface area contributed by atoms with Gasteiger partial charge in [-0.2, -0.15) is 0 Å². The maximum Gasteiger partial charge on any atom is 0.172 e. The number of aliphatic hydroxyl groups is 1. The summed E-state index contributed by atoms with van der Waals surface area (Å²) in [4.78, 5) is 25.1. The van der Waals surface area contributed by atoms with Crippen molar-refractivity contribution in [2.45, 2.75) is 83.7 Å². The third-order valence-electron chi connectivity index (χ3n) is 6.55. The largest absolute Gasteiger partial charge is 0.507 e. The molecule has 0 radical (unpaired) electrons. The highest BCUT2D eigenvalue weighted by atomic mass is 16.7. The van der Waals surface area contributed by atoms with Gasteiger partial charge < -0.3 is 24.8 Å². The molecule has 2 aliphatic heterocycles. The molecule has 5 unspecified atom stereocenters. The lowest BCUT2D eigenvalue weighted by Crippen LogP contribution is -2.49. The van der Waals surface area contributed by atoms with Crippen molar-refractivity contribution in [2.75, 3.05) is 6.61 Å². The van der Waals surface area contributed by atoms with Gasteiger partial charge in [0.1, 0.15) is 17.1 Å². The van der Waals surface area contributed by atoms with Gasteiger partial charge in [-0.05, 0) is 36.8 Å². The summed E-state index contributed by atoms with van der Waals surface area (Å²) in [6, 6.07) is 1.49. The standard InChI is InChI=1S/C24H34O7/c1-5-7-15(18-10-19(26)24(12-30-18)20(6-2)31-24)22(28)16-9-14(8-13(3)4)21(27)17(11-25)23(16)29/h9,11,13,15,18-20,26-27,29H,5-8,10,12H2,1-4H3. The van der Waals surface area contributed by atoms with Crippen molar-refractivity contribution in [2.24, 2.45) is 11.8 Å². The predicted octanol–water partition coefficient (Wildman–Crippen LogP) is 3.41. The molecule has 0 saturated carbocycles. The normalized spacial score (nSPS) is 28.6. The van der Waals surface area contributed by atoms with Gasteiger partial charge in [0, 0.05) is 12.3 Å². The summed E-state index contributed by atoms with van der Waals surface area (Å²) < 4.78 is 11.7. The molecular weight excluding hydrogens is 400 g/mol. The van der Waals surface area contributed by atoms with Crippen LogP contribution >= 0.6 is 0 Å². The molecule has 1 aromatic rings. The minimum absolute atomic E-state index is 0.0153. The fourth-order valence-electron chi connectivity index (χ4n) is 4.81. The minimum Gasteiger partial charge on any atom is -0.507 e. The Balaban J connectivity index is 1.91. The Labute approximate surface area is 183 Å². The zero-order valence-corrected chi connectivity index (χ0v) is 18.8. The number of aldehydes is 1. The fraction of sp³-hybridized carbons (Fsp3) is 0.667. The smallest absolute Gasteiger partial charge is 0.172 e. The van der Waals surface area contributed by atoms with E-state index in [0.717, 1.165) is 6.42 Å². The first-order chi connectivity index (χ1) is 14.7. The van der Waals surface area contributed by atoms with Gasteiger partial charge >= 0.3 is 0 Å². The molecule has 0 amide bonds. The van der Waals surface area contributed by atoms with Crippen molar-refractivity contribution >= 4 is 12.1 Å². The summed E-state index contributed by atoms with van der Waals surface area (Å²) >= 11 is 0. The number of aliphatic hydroxyl groups excluding tert-OH is 1. The molecule has 0 aromatic heterocycles. The van der Waals surface area contributed by atoms with E-state index in [1.807, 2.05) is 27.7 Å². The number of rotatable bonds is 9. The molecule has 1 aromatic carbocycles. The number of aromatic hydroxyl groups is 2. The second-order valence-corrected chi connectivity index (χ2v) is 9.24. The van der Waals surface area contributed by atoms with Gasteiger partial charge in [0.15, 0.2) is 12.1 Å². The van der Waals surface area contributed by atoms with Crippen LogP contribution in [0.3, 0.4) is 0 Å². The van der Waals surface area contributed by atoms with Crippen LogP contribution in [0, 0.1) is 11.8 Å². The van der Waals surface area contributed by atoms with E-state index < -0.39 is 29.5 Å². The highest BCUT2D eigenvalue weighted by Gasteiger charge is 2.63. The molecule has 172 valence electrons. The van der Waals surface area contributed by atoms with Gasteiger partial charge in [0.25, 0.3) is 0 Å². The monoisotopic (exact) mass is 434 g/mol. The number of carbonyl (C=O) groups excluding carboxylic acids is 2. The first-order valence-corrected chi connectivity index (χ1v) is 11.2. The highest BCUT2D eigenvalue weighted by molar-refractivity contribution is 6.04. The average Bonchev–Trinajstić information content (AvgIpc) is 3.44. The molecule has 2 fully saturated rings. The molecular formula is C24H34O7. The summed E-state index contributed by atoms with van der Waals surface area (Å²) in [6.07, 6.45) is 1.85. The van der Waals surface area contributed by atoms with E-state index in [1.165, 1.54) is 6.07 Å². The topological polar surface area (TPSA) is 117 Å². The first-order valence-electron chi connectivity index (χ1n) is 11.2. The van der Waals surface area contributed by atoms with E-state index in [9.17, 15) is 24.9 Å². The summed E-state index contributed by atoms with van der Waals surface area (Å²) in [5.41, 5.74) is -0.464. The van der Waals surface area contributed by atoms with Crippen molar-refractivity contribution in [3.8, 4) is 11.5 Å². The summed E-state index contributed by atoms with van der Waals surface area (Å²) in [5, 5.41) is 31.7. The fourth-order valence-corrected chi connectivity index (χ4v) is 4.81. The molecule has 0 aliphatic carbocycles. The highest BCUT2D eigenvalue weighted by Crippen LogP contribution is 2.47. The molecule has 3 N–H and O–H groups in total. The lowest BCUT2D eigenvalue weighted by molar-refractivity contribution is -0.110. The summed E-state index contributed by atoms with van der Waals surface area (Å²) in [6.45, 7) is 8.10. The van der Waals surface area contributed by atoms with Crippen molar-refractivity contribution in [1.82, 2.24) is 0 Å². The van der Waals surface area contributed by atoms with Gasteiger partial charge in [0.05, 0.1) is 36.0 Å². The van der Waals surface area contributed by atoms with E-state index in [4.69, 9.17) is 9.47 Å². The number of hydrogen-bond acceptors (Lipinski definition) is 7. The molecule has 7 heteroatoms. The number of hydrogen-bond donors (Lipinski definition) is 3. The predicted molar refractivity (Wildman–Crippen MR) is 115 cm³/mol.